The number of carbonyl (C=O) groups excluding carboxylic acids is 2. The topological polar surface area (TPSA) is 67.9 Å². The van der Waals surface area contributed by atoms with Crippen molar-refractivity contribution in [2.24, 2.45) is 0 Å². The van der Waals surface area contributed by atoms with Crippen LogP contribution in [0.2, 0.25) is 0 Å². The fourth-order valence-electron chi connectivity index (χ4n) is 1.64. The van der Waals surface area contributed by atoms with Gasteiger partial charge >= 0.3 is 12.1 Å². The standard InChI is InChI=1S/C11H20N2O4/c1-4-16-10(14)9-7-12-5-6-13(9)11(15)17-8(2)3/h8-9,12H,4-7H2,1-3H3. The molecule has 0 spiro atoms. The molecular formula is C11H20N2O4. The summed E-state index contributed by atoms with van der Waals surface area (Å²) >= 11 is 0. The second-order valence-corrected chi connectivity index (χ2v) is 4.10. The number of rotatable bonds is 3. The van der Waals surface area contributed by atoms with Crippen molar-refractivity contribution in [3.05, 3.63) is 0 Å². The molecule has 1 heterocycles. The van der Waals surface area contributed by atoms with E-state index in [-0.39, 0.29) is 12.1 Å². The van der Waals surface area contributed by atoms with Crippen molar-refractivity contribution in [2.75, 3.05) is 26.2 Å². The van der Waals surface area contributed by atoms with Crippen LogP contribution in [0.1, 0.15) is 20.8 Å². The average Bonchev–Trinajstić information content (AvgIpc) is 2.28. The highest BCUT2D eigenvalue weighted by molar-refractivity contribution is 5.82. The summed E-state index contributed by atoms with van der Waals surface area (Å²) in [5.74, 6) is -0.389. The predicted octanol–water partition coefficient (Wildman–Crippen LogP) is 0.368. The quantitative estimate of drug-likeness (QED) is 0.726. The molecule has 0 saturated carbocycles. The molecule has 0 aromatic rings. The fourth-order valence-corrected chi connectivity index (χ4v) is 1.64. The Balaban J connectivity index is 2.65. The van der Waals surface area contributed by atoms with Gasteiger partial charge < -0.3 is 14.8 Å². The van der Waals surface area contributed by atoms with Crippen LogP contribution in [0, 0.1) is 0 Å². The van der Waals surface area contributed by atoms with E-state index in [1.165, 1.54) is 4.90 Å². The van der Waals surface area contributed by atoms with Gasteiger partial charge in [0, 0.05) is 19.6 Å². The molecule has 1 aliphatic rings. The van der Waals surface area contributed by atoms with Crippen molar-refractivity contribution in [1.29, 1.82) is 0 Å². The normalized spacial score (nSPS) is 20.2. The van der Waals surface area contributed by atoms with E-state index in [9.17, 15) is 9.59 Å². The van der Waals surface area contributed by atoms with Crippen LogP contribution in [0.5, 0.6) is 0 Å². The fraction of sp³-hybridized carbons (Fsp3) is 0.818. The van der Waals surface area contributed by atoms with Gasteiger partial charge in [-0.25, -0.2) is 9.59 Å². The van der Waals surface area contributed by atoms with Gasteiger partial charge in [-0.2, -0.15) is 0 Å². The third kappa shape index (κ3) is 3.89. The zero-order valence-corrected chi connectivity index (χ0v) is 10.6. The lowest BCUT2D eigenvalue weighted by Gasteiger charge is -2.34. The molecule has 0 bridgehead atoms. The number of piperazine rings is 1. The molecule has 1 saturated heterocycles. The smallest absolute Gasteiger partial charge is 0.410 e. The molecule has 1 N–H and O–H groups in total. The number of esters is 1. The van der Waals surface area contributed by atoms with Crippen LogP contribution in [0.15, 0.2) is 0 Å². The van der Waals surface area contributed by atoms with Crippen LogP contribution in [0.3, 0.4) is 0 Å². The number of hydrogen-bond acceptors (Lipinski definition) is 5. The lowest BCUT2D eigenvalue weighted by atomic mass is 10.2. The number of hydrogen-bond donors (Lipinski definition) is 1. The van der Waals surface area contributed by atoms with E-state index in [0.717, 1.165) is 0 Å². The Bertz CT molecular complexity index is 281. The largest absolute Gasteiger partial charge is 0.464 e. The Morgan fingerprint density at radius 2 is 2.18 bits per heavy atom. The summed E-state index contributed by atoms with van der Waals surface area (Å²) in [5.41, 5.74) is 0. The third-order valence-electron chi connectivity index (χ3n) is 2.37. The highest BCUT2D eigenvalue weighted by atomic mass is 16.6. The first-order valence-corrected chi connectivity index (χ1v) is 5.90. The average molecular weight is 244 g/mol. The van der Waals surface area contributed by atoms with Gasteiger partial charge in [-0.05, 0) is 20.8 Å². The monoisotopic (exact) mass is 244 g/mol. The Morgan fingerprint density at radius 3 is 2.76 bits per heavy atom. The van der Waals surface area contributed by atoms with Gasteiger partial charge in [0.05, 0.1) is 12.7 Å². The van der Waals surface area contributed by atoms with Gasteiger partial charge in [0.2, 0.25) is 0 Å². The van der Waals surface area contributed by atoms with Gasteiger partial charge in [-0.15, -0.1) is 0 Å². The Kier molecular flexibility index (Phi) is 5.21. The van der Waals surface area contributed by atoms with Crippen molar-refractivity contribution in [3.63, 3.8) is 0 Å². The molecule has 17 heavy (non-hydrogen) atoms. The van der Waals surface area contributed by atoms with Gasteiger partial charge in [0.25, 0.3) is 0 Å². The molecule has 98 valence electrons. The summed E-state index contributed by atoms with van der Waals surface area (Å²) < 4.78 is 10.0. The zero-order valence-electron chi connectivity index (χ0n) is 10.6. The molecule has 0 aromatic heterocycles. The Morgan fingerprint density at radius 1 is 1.47 bits per heavy atom. The van der Waals surface area contributed by atoms with Gasteiger partial charge in [-0.3, -0.25) is 4.90 Å². The summed E-state index contributed by atoms with van der Waals surface area (Å²) in [6, 6.07) is -0.588. The van der Waals surface area contributed by atoms with E-state index in [4.69, 9.17) is 9.47 Å². The summed E-state index contributed by atoms with van der Waals surface area (Å²) in [5, 5.41) is 3.06. The summed E-state index contributed by atoms with van der Waals surface area (Å²) in [4.78, 5) is 24.9. The van der Waals surface area contributed by atoms with Crippen LogP contribution in [0.4, 0.5) is 4.79 Å². The van der Waals surface area contributed by atoms with Crippen LogP contribution in [-0.4, -0.2) is 55.3 Å². The molecule has 1 unspecified atom stereocenters. The maximum atomic E-state index is 11.8. The van der Waals surface area contributed by atoms with Crippen molar-refractivity contribution < 1.29 is 19.1 Å². The van der Waals surface area contributed by atoms with E-state index < -0.39 is 12.1 Å². The molecule has 1 atom stereocenters. The van der Waals surface area contributed by atoms with Crippen LogP contribution in [0.25, 0.3) is 0 Å². The van der Waals surface area contributed by atoms with Gasteiger partial charge in [0.1, 0.15) is 6.04 Å². The first-order valence-electron chi connectivity index (χ1n) is 5.90. The van der Waals surface area contributed by atoms with Crippen LogP contribution < -0.4 is 5.32 Å². The molecule has 0 aliphatic carbocycles. The summed E-state index contributed by atoms with van der Waals surface area (Å²) in [6.45, 7) is 7.12. The van der Waals surface area contributed by atoms with Crippen molar-refractivity contribution in [1.82, 2.24) is 10.2 Å². The second kappa shape index (κ2) is 6.44. The van der Waals surface area contributed by atoms with E-state index in [2.05, 4.69) is 5.32 Å². The first-order chi connectivity index (χ1) is 8.06. The van der Waals surface area contributed by atoms with Crippen LogP contribution >= 0.6 is 0 Å². The third-order valence-corrected chi connectivity index (χ3v) is 2.37. The molecule has 1 aliphatic heterocycles. The molecule has 1 rings (SSSR count). The second-order valence-electron chi connectivity index (χ2n) is 4.10. The molecule has 0 aromatic carbocycles. The Hall–Kier alpha value is -1.30. The lowest BCUT2D eigenvalue weighted by Crippen LogP contribution is -2.57. The van der Waals surface area contributed by atoms with E-state index in [0.29, 0.717) is 26.2 Å². The molecule has 1 fully saturated rings. The van der Waals surface area contributed by atoms with Gasteiger partial charge in [0.15, 0.2) is 0 Å². The van der Waals surface area contributed by atoms with E-state index in [1.54, 1.807) is 20.8 Å². The first kappa shape index (κ1) is 13.8. The number of nitrogens with one attached hydrogen (secondary N) is 1. The molecule has 0 radical (unpaired) electrons. The van der Waals surface area contributed by atoms with Crippen molar-refractivity contribution >= 4 is 12.1 Å². The molecule has 6 nitrogen and oxygen atoms in total. The minimum absolute atomic E-state index is 0.194. The van der Waals surface area contributed by atoms with E-state index in [1.807, 2.05) is 0 Å². The van der Waals surface area contributed by atoms with E-state index >= 15 is 0 Å². The number of carbonyl (C=O) groups is 2. The Labute approximate surface area is 101 Å². The molecule has 6 heteroatoms. The predicted molar refractivity (Wildman–Crippen MR) is 61.6 cm³/mol. The zero-order chi connectivity index (χ0) is 12.8. The van der Waals surface area contributed by atoms with Crippen molar-refractivity contribution in [3.8, 4) is 0 Å². The number of amides is 1. The highest BCUT2D eigenvalue weighted by Gasteiger charge is 2.34. The number of nitrogens with zero attached hydrogens (tertiary/aromatic N) is 1. The lowest BCUT2D eigenvalue weighted by molar-refractivity contribution is -0.149. The van der Waals surface area contributed by atoms with Crippen molar-refractivity contribution in [2.45, 2.75) is 32.9 Å². The van der Waals surface area contributed by atoms with Gasteiger partial charge in [-0.1, -0.05) is 0 Å². The summed E-state index contributed by atoms with van der Waals surface area (Å²) in [7, 11) is 0. The molecular weight excluding hydrogens is 224 g/mol. The maximum absolute atomic E-state index is 11.8. The molecule has 1 amide bonds. The summed E-state index contributed by atoms with van der Waals surface area (Å²) in [6.07, 6.45) is -0.653. The number of ether oxygens (including phenoxy) is 2. The minimum atomic E-state index is -0.588. The SMILES string of the molecule is CCOC(=O)C1CNCCN1C(=O)OC(C)C. The maximum Gasteiger partial charge on any atom is 0.410 e. The van der Waals surface area contributed by atoms with Crippen LogP contribution in [-0.2, 0) is 14.3 Å². The highest BCUT2D eigenvalue weighted by Crippen LogP contribution is 2.09. The minimum Gasteiger partial charge on any atom is -0.464 e.